The van der Waals surface area contributed by atoms with E-state index in [9.17, 15) is 17.9 Å². The van der Waals surface area contributed by atoms with Crippen molar-refractivity contribution in [3.05, 3.63) is 69.3 Å². The number of carbonyl (C=O) groups is 1. The minimum atomic E-state index is -4.17. The number of carboxylic acid groups (broad SMARTS) is 1. The molecule has 0 spiro atoms. The number of rotatable bonds is 8. The molecule has 206 valence electrons. The number of thiazole rings is 1. The van der Waals surface area contributed by atoms with Gasteiger partial charge in [-0.2, -0.15) is 0 Å². The van der Waals surface area contributed by atoms with E-state index in [1.165, 1.54) is 28.3 Å². The molecule has 9 nitrogen and oxygen atoms in total. The Hall–Kier alpha value is -2.77. The first kappa shape index (κ1) is 29.8. The van der Waals surface area contributed by atoms with Gasteiger partial charge in [0, 0.05) is 44.2 Å². The number of aromatic nitrogens is 1. The van der Waals surface area contributed by atoms with Gasteiger partial charge in [0.1, 0.15) is 10.7 Å². The van der Waals surface area contributed by atoms with Gasteiger partial charge in [0.05, 0.1) is 21.8 Å². The maximum atomic E-state index is 14.9. The van der Waals surface area contributed by atoms with Gasteiger partial charge in [0.15, 0.2) is 5.82 Å². The minimum absolute atomic E-state index is 0.0833. The number of hydrogen-bond acceptors (Lipinski definition) is 8. The van der Waals surface area contributed by atoms with Gasteiger partial charge in [0.25, 0.3) is 16.5 Å². The van der Waals surface area contributed by atoms with E-state index in [-0.39, 0.29) is 23.4 Å². The number of halogens is 2. The molecule has 2 aromatic carbocycles. The van der Waals surface area contributed by atoms with Crippen molar-refractivity contribution in [1.29, 1.82) is 0 Å². The Kier molecular flexibility index (Phi) is 9.71. The highest BCUT2D eigenvalue weighted by Gasteiger charge is 2.29. The first-order chi connectivity index (χ1) is 17.9. The van der Waals surface area contributed by atoms with Crippen LogP contribution in [0.5, 0.6) is 0 Å². The Morgan fingerprint density at radius 1 is 1.34 bits per heavy atom. The fraction of sp³-hybridized carbons (Fsp3) is 0.360. The van der Waals surface area contributed by atoms with Crippen LogP contribution >= 0.6 is 22.9 Å². The molecular weight excluding hydrogens is 555 g/mol. The summed E-state index contributed by atoms with van der Waals surface area (Å²) < 4.78 is 42.5. The molecule has 3 N–H and O–H groups in total. The van der Waals surface area contributed by atoms with Gasteiger partial charge >= 0.3 is 0 Å². The maximum Gasteiger partial charge on any atom is 0.290 e. The Morgan fingerprint density at radius 2 is 2.05 bits per heavy atom. The van der Waals surface area contributed by atoms with Crippen molar-refractivity contribution < 1.29 is 27.8 Å². The highest BCUT2D eigenvalue weighted by Crippen LogP contribution is 2.34. The minimum Gasteiger partial charge on any atom is -0.483 e. The van der Waals surface area contributed by atoms with E-state index in [1.54, 1.807) is 13.8 Å². The number of benzene rings is 2. The molecule has 1 saturated heterocycles. The monoisotopic (exact) mass is 584 g/mol. The standard InChI is InChI=1S/C24H28ClFN4O3S2.CH2O2/c1-24(2,31)17-6-4-5-16(9-17)12-30-8-7-18(13-30)29(3)21-11-20(26)22(10-19(21)25)35(32,33)28-23-14-34-15-27-23;2-1-3/h4-6,9-11,14-15,18,28,31H,7-8,12-13H2,1-3H3;1H,(H,2,3)/t18-;/m0./s1. The molecule has 0 amide bonds. The molecule has 13 heteroatoms. The van der Waals surface area contributed by atoms with Crippen LogP contribution in [0.4, 0.5) is 15.9 Å². The fourth-order valence-corrected chi connectivity index (χ4v) is 6.23. The largest absolute Gasteiger partial charge is 0.483 e. The topological polar surface area (TPSA) is 123 Å². The van der Waals surface area contributed by atoms with E-state index in [0.717, 1.165) is 43.2 Å². The van der Waals surface area contributed by atoms with Gasteiger partial charge in [-0.1, -0.05) is 35.9 Å². The molecule has 1 fully saturated rings. The summed E-state index contributed by atoms with van der Waals surface area (Å²) in [7, 11) is -2.33. The molecule has 0 saturated carbocycles. The summed E-state index contributed by atoms with van der Waals surface area (Å²) >= 11 is 7.66. The molecule has 1 aliphatic heterocycles. The molecule has 38 heavy (non-hydrogen) atoms. The van der Waals surface area contributed by atoms with Crippen LogP contribution in [0.25, 0.3) is 0 Å². The van der Waals surface area contributed by atoms with Crippen LogP contribution < -0.4 is 9.62 Å². The normalized spacial score (nSPS) is 16.0. The second-order valence-corrected chi connectivity index (χ2v) is 12.1. The van der Waals surface area contributed by atoms with Crippen molar-refractivity contribution in [3.63, 3.8) is 0 Å². The Morgan fingerprint density at radius 3 is 2.68 bits per heavy atom. The van der Waals surface area contributed by atoms with Gasteiger partial charge in [0.2, 0.25) is 0 Å². The van der Waals surface area contributed by atoms with E-state index < -0.39 is 26.3 Å². The van der Waals surface area contributed by atoms with Gasteiger partial charge in [-0.05, 0) is 37.5 Å². The third-order valence-electron chi connectivity index (χ3n) is 6.18. The van der Waals surface area contributed by atoms with Crippen LogP contribution in [-0.2, 0) is 27.0 Å². The lowest BCUT2D eigenvalue weighted by Crippen LogP contribution is -2.34. The van der Waals surface area contributed by atoms with E-state index in [2.05, 4.69) is 14.6 Å². The van der Waals surface area contributed by atoms with Crippen molar-refractivity contribution in [2.24, 2.45) is 0 Å². The van der Waals surface area contributed by atoms with Crippen LogP contribution in [0.15, 0.2) is 52.2 Å². The average molecular weight is 585 g/mol. The van der Waals surface area contributed by atoms with Crippen molar-refractivity contribution in [2.75, 3.05) is 29.8 Å². The highest BCUT2D eigenvalue weighted by atomic mass is 35.5. The number of aliphatic hydroxyl groups is 1. The predicted octanol–water partition coefficient (Wildman–Crippen LogP) is 4.38. The molecular formula is C25H30ClFN4O5S2. The molecule has 1 aromatic heterocycles. The number of sulfonamides is 1. The SMILES string of the molecule is CN(c1cc(F)c(S(=O)(=O)Nc2cscn2)cc1Cl)[C@H]1CCN(Cc2cccc(C(C)(C)O)c2)C1.O=CO. The maximum absolute atomic E-state index is 14.9. The number of nitrogens with zero attached hydrogens (tertiary/aromatic N) is 3. The molecule has 4 rings (SSSR count). The third-order valence-corrected chi connectivity index (χ3v) is 8.44. The van der Waals surface area contributed by atoms with Crippen LogP contribution in [-0.4, -0.2) is 61.2 Å². The quantitative estimate of drug-likeness (QED) is 0.334. The fourth-order valence-electron chi connectivity index (χ4n) is 4.23. The summed E-state index contributed by atoms with van der Waals surface area (Å²) in [4.78, 5) is 15.9. The predicted molar refractivity (Wildman–Crippen MR) is 147 cm³/mol. The van der Waals surface area contributed by atoms with Gasteiger partial charge in [-0.3, -0.25) is 14.4 Å². The molecule has 0 bridgehead atoms. The second-order valence-electron chi connectivity index (χ2n) is 9.37. The van der Waals surface area contributed by atoms with Gasteiger partial charge < -0.3 is 15.1 Å². The van der Waals surface area contributed by atoms with Crippen molar-refractivity contribution in [3.8, 4) is 0 Å². The van der Waals surface area contributed by atoms with E-state index in [0.29, 0.717) is 5.69 Å². The van der Waals surface area contributed by atoms with Crippen molar-refractivity contribution in [1.82, 2.24) is 9.88 Å². The zero-order valence-electron chi connectivity index (χ0n) is 21.1. The van der Waals surface area contributed by atoms with E-state index in [4.69, 9.17) is 21.5 Å². The summed E-state index contributed by atoms with van der Waals surface area (Å²) in [6.07, 6.45) is 0.852. The van der Waals surface area contributed by atoms with Gasteiger partial charge in [-0.25, -0.2) is 17.8 Å². The molecule has 0 radical (unpaired) electrons. The van der Waals surface area contributed by atoms with Crippen molar-refractivity contribution >= 4 is 50.9 Å². The summed E-state index contributed by atoms with van der Waals surface area (Å²) in [6, 6.07) is 10.3. The number of nitrogens with one attached hydrogen (secondary N) is 1. The molecule has 0 unspecified atom stereocenters. The van der Waals surface area contributed by atoms with Crippen molar-refractivity contribution in [2.45, 2.75) is 43.4 Å². The molecule has 0 aliphatic carbocycles. The highest BCUT2D eigenvalue weighted by molar-refractivity contribution is 7.92. The third kappa shape index (κ3) is 7.41. The van der Waals surface area contributed by atoms with Crippen LogP contribution in [0.3, 0.4) is 0 Å². The lowest BCUT2D eigenvalue weighted by Gasteiger charge is -2.28. The van der Waals surface area contributed by atoms with E-state index >= 15 is 0 Å². The smallest absolute Gasteiger partial charge is 0.290 e. The Balaban J connectivity index is 0.00000127. The number of likely N-dealkylation sites (N-methyl/N-ethyl adjacent to an activating group) is 1. The summed E-state index contributed by atoms with van der Waals surface area (Å²) in [5.74, 6) is -0.747. The first-order valence-corrected chi connectivity index (χ1v) is 14.4. The summed E-state index contributed by atoms with van der Waals surface area (Å²) in [6.45, 7) is 5.61. The van der Waals surface area contributed by atoms with E-state index in [1.807, 2.05) is 36.2 Å². The van der Waals surface area contributed by atoms with Crippen LogP contribution in [0.1, 0.15) is 31.4 Å². The van der Waals surface area contributed by atoms with Crippen LogP contribution in [0, 0.1) is 5.82 Å². The lowest BCUT2D eigenvalue weighted by molar-refractivity contribution is -0.122. The van der Waals surface area contributed by atoms with Crippen LogP contribution in [0.2, 0.25) is 5.02 Å². The molecule has 3 aromatic rings. The summed E-state index contributed by atoms with van der Waals surface area (Å²) in [5.41, 5.74) is 2.99. The zero-order valence-corrected chi connectivity index (χ0v) is 23.5. The Labute approximate surface area is 230 Å². The Bertz CT molecular complexity index is 1350. The molecule has 2 heterocycles. The second kappa shape index (κ2) is 12.4. The molecule has 1 aliphatic rings. The first-order valence-electron chi connectivity index (χ1n) is 11.6. The lowest BCUT2D eigenvalue weighted by atomic mass is 9.96. The number of anilines is 2. The zero-order chi connectivity index (χ0) is 28.1. The molecule has 1 atom stereocenters. The number of likely N-dealkylation sites (tertiary alicyclic amines) is 1. The summed E-state index contributed by atoms with van der Waals surface area (Å²) in [5, 5.41) is 18.9. The van der Waals surface area contributed by atoms with Gasteiger partial charge in [-0.15, -0.1) is 11.3 Å². The number of hydrogen-bond donors (Lipinski definition) is 3. The average Bonchev–Trinajstić information content (AvgIpc) is 3.52.